The van der Waals surface area contributed by atoms with Gasteiger partial charge < -0.3 is 5.32 Å². The second-order valence-corrected chi connectivity index (χ2v) is 5.08. The molecule has 0 saturated heterocycles. The quantitative estimate of drug-likeness (QED) is 0.738. The number of pyridine rings is 1. The van der Waals surface area contributed by atoms with Gasteiger partial charge in [-0.15, -0.1) is 11.8 Å². The maximum absolute atomic E-state index is 4.46. The van der Waals surface area contributed by atoms with E-state index in [1.165, 1.54) is 17.0 Å². The zero-order valence-electron chi connectivity index (χ0n) is 10.5. The van der Waals surface area contributed by atoms with E-state index in [9.17, 15) is 0 Å². The number of hydrogen-bond donors (Lipinski definition) is 1. The molecule has 1 atom stereocenters. The van der Waals surface area contributed by atoms with Gasteiger partial charge in [0.25, 0.3) is 0 Å². The van der Waals surface area contributed by atoms with E-state index in [1.807, 2.05) is 24.0 Å². The van der Waals surface area contributed by atoms with Crippen LogP contribution in [0.2, 0.25) is 0 Å². The van der Waals surface area contributed by atoms with Crippen molar-refractivity contribution in [2.24, 2.45) is 5.92 Å². The Balaban J connectivity index is 2.56. The molecule has 2 nitrogen and oxygen atoms in total. The maximum atomic E-state index is 4.46. The van der Waals surface area contributed by atoms with Gasteiger partial charge in [-0.25, -0.2) is 4.98 Å². The third-order valence-corrected chi connectivity index (χ3v) is 3.99. The minimum atomic E-state index is 0.763. The van der Waals surface area contributed by atoms with Crippen LogP contribution in [0.4, 0.5) is 0 Å². The molecule has 90 valence electrons. The van der Waals surface area contributed by atoms with E-state index in [4.69, 9.17) is 0 Å². The van der Waals surface area contributed by atoms with E-state index >= 15 is 0 Å². The van der Waals surface area contributed by atoms with Crippen molar-refractivity contribution >= 4 is 11.8 Å². The molecule has 1 rings (SSSR count). The Kier molecular flexibility index (Phi) is 6.50. The van der Waals surface area contributed by atoms with Crippen LogP contribution in [-0.2, 0) is 6.54 Å². The summed E-state index contributed by atoms with van der Waals surface area (Å²) in [5, 5.41) is 4.54. The fourth-order valence-corrected chi connectivity index (χ4v) is 2.43. The summed E-state index contributed by atoms with van der Waals surface area (Å²) in [7, 11) is 0. The van der Waals surface area contributed by atoms with Crippen LogP contribution >= 0.6 is 11.8 Å². The summed E-state index contributed by atoms with van der Waals surface area (Å²) < 4.78 is 0. The van der Waals surface area contributed by atoms with Crippen molar-refractivity contribution < 1.29 is 0 Å². The summed E-state index contributed by atoms with van der Waals surface area (Å²) in [5.74, 6) is 1.92. The van der Waals surface area contributed by atoms with Crippen molar-refractivity contribution in [1.82, 2.24) is 10.3 Å². The van der Waals surface area contributed by atoms with Crippen molar-refractivity contribution in [3.8, 4) is 0 Å². The summed E-state index contributed by atoms with van der Waals surface area (Å²) >= 11 is 1.88. The highest BCUT2D eigenvalue weighted by Crippen LogP contribution is 2.23. The normalized spacial score (nSPS) is 12.7. The van der Waals surface area contributed by atoms with Crippen LogP contribution in [0.25, 0.3) is 0 Å². The van der Waals surface area contributed by atoms with E-state index < -0.39 is 0 Å². The summed E-state index contributed by atoms with van der Waals surface area (Å²) in [6.45, 7) is 8.59. The number of nitrogens with zero attached hydrogens (tertiary/aromatic N) is 1. The maximum Gasteiger partial charge on any atom is 0.100 e. The summed E-state index contributed by atoms with van der Waals surface area (Å²) in [4.78, 5) is 4.46. The highest BCUT2D eigenvalue weighted by atomic mass is 32.2. The fraction of sp³-hybridized carbons (Fsp3) is 0.615. The van der Waals surface area contributed by atoms with Crippen LogP contribution in [0.15, 0.2) is 23.4 Å². The molecular weight excluding hydrogens is 216 g/mol. The average molecular weight is 238 g/mol. The first-order valence-corrected chi connectivity index (χ1v) is 7.03. The topological polar surface area (TPSA) is 24.9 Å². The first kappa shape index (κ1) is 13.5. The lowest BCUT2D eigenvalue weighted by Crippen LogP contribution is -2.13. The Bertz CT molecular complexity index is 302. The van der Waals surface area contributed by atoms with Gasteiger partial charge in [-0.3, -0.25) is 0 Å². The van der Waals surface area contributed by atoms with E-state index in [1.54, 1.807) is 0 Å². The molecular formula is C13H22N2S. The van der Waals surface area contributed by atoms with Crippen molar-refractivity contribution in [2.75, 3.05) is 12.3 Å². The van der Waals surface area contributed by atoms with Gasteiger partial charge in [-0.1, -0.05) is 33.3 Å². The zero-order chi connectivity index (χ0) is 11.8. The second kappa shape index (κ2) is 7.69. The van der Waals surface area contributed by atoms with Gasteiger partial charge in [0.2, 0.25) is 0 Å². The van der Waals surface area contributed by atoms with Crippen LogP contribution in [-0.4, -0.2) is 17.3 Å². The Hall–Kier alpha value is -0.540. The minimum absolute atomic E-state index is 0.763. The highest BCUT2D eigenvalue weighted by Gasteiger charge is 2.05. The third kappa shape index (κ3) is 4.54. The van der Waals surface area contributed by atoms with Gasteiger partial charge in [0.15, 0.2) is 0 Å². The Morgan fingerprint density at radius 2 is 2.25 bits per heavy atom. The summed E-state index contributed by atoms with van der Waals surface area (Å²) in [6, 6.07) is 4.18. The molecule has 0 aliphatic heterocycles. The first-order chi connectivity index (χ1) is 7.77. The largest absolute Gasteiger partial charge is 0.313 e. The molecule has 0 radical (unpaired) electrons. The molecule has 3 heteroatoms. The summed E-state index contributed by atoms with van der Waals surface area (Å²) in [6.07, 6.45) is 3.12. The molecule has 1 heterocycles. The molecule has 0 aromatic carbocycles. The standard InChI is InChI=1S/C13H22N2S/c1-4-11(3)10-16-13-12(9-14-5-2)7-6-8-15-13/h6-8,11,14H,4-5,9-10H2,1-3H3. The monoisotopic (exact) mass is 238 g/mol. The number of thioether (sulfide) groups is 1. The Labute approximate surface area is 103 Å². The van der Waals surface area contributed by atoms with Gasteiger partial charge >= 0.3 is 0 Å². The van der Waals surface area contributed by atoms with Gasteiger partial charge in [0.1, 0.15) is 5.03 Å². The van der Waals surface area contributed by atoms with E-state index in [2.05, 4.69) is 37.1 Å². The zero-order valence-corrected chi connectivity index (χ0v) is 11.3. The molecule has 0 aliphatic rings. The predicted octanol–water partition coefficient (Wildman–Crippen LogP) is 3.33. The van der Waals surface area contributed by atoms with Crippen molar-refractivity contribution in [3.63, 3.8) is 0 Å². The lowest BCUT2D eigenvalue weighted by atomic mass is 10.2. The number of hydrogen-bond acceptors (Lipinski definition) is 3. The molecule has 16 heavy (non-hydrogen) atoms. The number of rotatable bonds is 7. The fourth-order valence-electron chi connectivity index (χ4n) is 1.29. The molecule has 0 bridgehead atoms. The lowest BCUT2D eigenvalue weighted by molar-refractivity contribution is 0.636. The molecule has 0 amide bonds. The van der Waals surface area contributed by atoms with Crippen LogP contribution in [0.1, 0.15) is 32.8 Å². The SMILES string of the molecule is CCNCc1cccnc1SCC(C)CC. The first-order valence-electron chi connectivity index (χ1n) is 6.05. The van der Waals surface area contributed by atoms with Crippen molar-refractivity contribution in [2.45, 2.75) is 38.8 Å². The highest BCUT2D eigenvalue weighted by molar-refractivity contribution is 7.99. The Morgan fingerprint density at radius 1 is 1.44 bits per heavy atom. The second-order valence-electron chi connectivity index (χ2n) is 4.07. The van der Waals surface area contributed by atoms with Crippen LogP contribution < -0.4 is 5.32 Å². The van der Waals surface area contributed by atoms with E-state index in [0.717, 1.165) is 24.8 Å². The molecule has 1 aromatic rings. The number of nitrogens with one attached hydrogen (secondary N) is 1. The molecule has 1 N–H and O–H groups in total. The van der Waals surface area contributed by atoms with Crippen LogP contribution in [0, 0.1) is 5.92 Å². The molecule has 0 fully saturated rings. The van der Waals surface area contributed by atoms with E-state index in [0.29, 0.717) is 0 Å². The molecule has 0 aliphatic carbocycles. The summed E-state index contributed by atoms with van der Waals surface area (Å²) in [5.41, 5.74) is 1.32. The average Bonchev–Trinajstić information content (AvgIpc) is 2.34. The lowest BCUT2D eigenvalue weighted by Gasteiger charge is -2.10. The van der Waals surface area contributed by atoms with E-state index in [-0.39, 0.29) is 0 Å². The van der Waals surface area contributed by atoms with Gasteiger partial charge in [0, 0.05) is 18.5 Å². The van der Waals surface area contributed by atoms with Crippen LogP contribution in [0.5, 0.6) is 0 Å². The Morgan fingerprint density at radius 3 is 2.94 bits per heavy atom. The smallest absolute Gasteiger partial charge is 0.100 e. The molecule has 0 saturated carbocycles. The predicted molar refractivity (Wildman–Crippen MR) is 71.8 cm³/mol. The van der Waals surface area contributed by atoms with Crippen molar-refractivity contribution in [3.05, 3.63) is 23.9 Å². The molecule has 1 unspecified atom stereocenters. The van der Waals surface area contributed by atoms with Gasteiger partial charge in [-0.05, 0) is 24.1 Å². The number of aromatic nitrogens is 1. The van der Waals surface area contributed by atoms with Crippen molar-refractivity contribution in [1.29, 1.82) is 0 Å². The molecule has 0 spiro atoms. The molecule has 1 aromatic heterocycles. The van der Waals surface area contributed by atoms with Gasteiger partial charge in [-0.2, -0.15) is 0 Å². The minimum Gasteiger partial charge on any atom is -0.313 e. The van der Waals surface area contributed by atoms with Crippen LogP contribution in [0.3, 0.4) is 0 Å². The third-order valence-electron chi connectivity index (χ3n) is 2.62. The van der Waals surface area contributed by atoms with Gasteiger partial charge in [0.05, 0.1) is 0 Å².